The summed E-state index contributed by atoms with van der Waals surface area (Å²) in [5.41, 5.74) is 0.772. The predicted octanol–water partition coefficient (Wildman–Crippen LogP) is 1.64. The Morgan fingerprint density at radius 1 is 1.22 bits per heavy atom. The van der Waals surface area contributed by atoms with Gasteiger partial charge in [-0.05, 0) is 30.3 Å². The highest BCUT2D eigenvalue weighted by Crippen LogP contribution is 2.14. The summed E-state index contributed by atoms with van der Waals surface area (Å²) >= 11 is 5.87. The van der Waals surface area contributed by atoms with Crippen LogP contribution in [0, 0.1) is 0 Å². The molecule has 0 aliphatic rings. The molecule has 9 heteroatoms. The molecule has 140 valence electrons. The molecule has 0 atom stereocenters. The van der Waals surface area contributed by atoms with E-state index in [9.17, 15) is 14.4 Å². The predicted molar refractivity (Wildman–Crippen MR) is 102 cm³/mol. The van der Waals surface area contributed by atoms with Crippen molar-refractivity contribution in [2.24, 2.45) is 0 Å². The Balaban J connectivity index is 1.54. The number of nitrogens with one attached hydrogen (secondary N) is 1. The van der Waals surface area contributed by atoms with Gasteiger partial charge in [-0.2, -0.15) is 0 Å². The van der Waals surface area contributed by atoms with Crippen molar-refractivity contribution >= 4 is 34.7 Å². The van der Waals surface area contributed by atoms with Gasteiger partial charge in [0, 0.05) is 30.4 Å². The molecule has 0 aliphatic carbocycles. The van der Waals surface area contributed by atoms with Crippen molar-refractivity contribution in [2.45, 2.75) is 13.0 Å². The monoisotopic (exact) mass is 387 g/mol. The van der Waals surface area contributed by atoms with E-state index in [0.717, 1.165) is 0 Å². The lowest BCUT2D eigenvalue weighted by Gasteiger charge is -2.16. The van der Waals surface area contributed by atoms with Gasteiger partial charge in [0.25, 0.3) is 0 Å². The average molecular weight is 388 g/mol. The number of hydrogen-bond donors (Lipinski definition) is 1. The lowest BCUT2D eigenvalue weighted by Crippen LogP contribution is -2.36. The van der Waals surface area contributed by atoms with Crippen LogP contribution in [-0.2, 0) is 16.1 Å². The zero-order valence-electron chi connectivity index (χ0n) is 14.6. The smallest absolute Gasteiger partial charge is 0.336 e. The van der Waals surface area contributed by atoms with E-state index in [2.05, 4.69) is 10.4 Å². The van der Waals surface area contributed by atoms with Crippen LogP contribution < -0.4 is 11.0 Å². The Labute approximate surface area is 160 Å². The molecule has 0 fully saturated rings. The van der Waals surface area contributed by atoms with Gasteiger partial charge < -0.3 is 10.2 Å². The van der Waals surface area contributed by atoms with E-state index in [1.54, 1.807) is 48.7 Å². The van der Waals surface area contributed by atoms with Crippen LogP contribution in [-0.4, -0.2) is 44.5 Å². The third-order valence-corrected chi connectivity index (χ3v) is 4.18. The molecule has 1 N–H and O–H groups in total. The Bertz CT molecular complexity index is 1040. The van der Waals surface area contributed by atoms with Gasteiger partial charge in [0.2, 0.25) is 11.8 Å². The number of aryl methyl sites for hydroxylation is 1. The number of benzene rings is 1. The molecule has 1 aromatic carbocycles. The first-order chi connectivity index (χ1) is 12.9. The Kier molecular flexibility index (Phi) is 5.56. The Morgan fingerprint density at radius 2 is 2.04 bits per heavy atom. The van der Waals surface area contributed by atoms with Crippen molar-refractivity contribution in [3.63, 3.8) is 0 Å². The van der Waals surface area contributed by atoms with Crippen LogP contribution in [0.2, 0.25) is 5.02 Å². The van der Waals surface area contributed by atoms with Gasteiger partial charge in [0.05, 0.1) is 13.1 Å². The van der Waals surface area contributed by atoms with Crippen LogP contribution in [0.3, 0.4) is 0 Å². The maximum atomic E-state index is 12.3. The second kappa shape index (κ2) is 8.05. The van der Waals surface area contributed by atoms with E-state index in [0.29, 0.717) is 16.4 Å². The van der Waals surface area contributed by atoms with E-state index >= 15 is 0 Å². The summed E-state index contributed by atoms with van der Waals surface area (Å²) in [5, 5.41) is 7.36. The van der Waals surface area contributed by atoms with Crippen molar-refractivity contribution in [1.82, 2.24) is 19.1 Å². The molecule has 0 saturated carbocycles. The number of carbonyl (C=O) groups excluding carboxylic acids is 2. The third-order valence-electron chi connectivity index (χ3n) is 3.94. The lowest BCUT2D eigenvalue weighted by molar-refractivity contribution is -0.133. The number of halogens is 1. The molecule has 8 nitrogen and oxygen atoms in total. The Hall–Kier alpha value is -3.13. The van der Waals surface area contributed by atoms with Crippen molar-refractivity contribution in [1.29, 1.82) is 0 Å². The molecule has 0 spiro atoms. The summed E-state index contributed by atoms with van der Waals surface area (Å²) in [4.78, 5) is 37.8. The zero-order valence-corrected chi connectivity index (χ0v) is 15.4. The highest BCUT2D eigenvalue weighted by atomic mass is 35.5. The van der Waals surface area contributed by atoms with Crippen molar-refractivity contribution in [3.05, 3.63) is 64.2 Å². The number of aromatic nitrogens is 3. The van der Waals surface area contributed by atoms with Gasteiger partial charge >= 0.3 is 5.69 Å². The van der Waals surface area contributed by atoms with E-state index in [-0.39, 0.29) is 37.0 Å². The third kappa shape index (κ3) is 4.53. The topological polar surface area (TPSA) is 88.7 Å². The molecule has 3 rings (SSSR count). The fourth-order valence-electron chi connectivity index (χ4n) is 2.58. The summed E-state index contributed by atoms with van der Waals surface area (Å²) < 4.78 is 2.65. The number of likely N-dealkylation sites (N-methyl/N-ethyl adjacent to an activating group) is 1. The van der Waals surface area contributed by atoms with E-state index in [4.69, 9.17) is 11.6 Å². The number of anilines is 1. The van der Waals surface area contributed by atoms with Crippen LogP contribution in [0.5, 0.6) is 0 Å². The maximum Gasteiger partial charge on any atom is 0.350 e. The fraction of sp³-hybridized carbons (Fsp3) is 0.222. The molecule has 2 heterocycles. The molecule has 0 bridgehead atoms. The first-order valence-corrected chi connectivity index (χ1v) is 8.65. The van der Waals surface area contributed by atoms with Gasteiger partial charge in [-0.15, -0.1) is 5.10 Å². The maximum absolute atomic E-state index is 12.3. The fourth-order valence-corrected chi connectivity index (χ4v) is 2.77. The summed E-state index contributed by atoms with van der Waals surface area (Å²) in [6.07, 6.45) is 1.68. The van der Waals surface area contributed by atoms with Gasteiger partial charge in [0.1, 0.15) is 0 Å². The molecule has 0 saturated heterocycles. The second-order valence-electron chi connectivity index (χ2n) is 5.99. The SMILES string of the molecule is CN(CC(=O)Nc1cccc(Cl)c1)C(=O)CCn1nc2ccccn2c1=O. The summed E-state index contributed by atoms with van der Waals surface area (Å²) in [7, 11) is 1.53. The minimum atomic E-state index is -0.335. The number of rotatable bonds is 6. The van der Waals surface area contributed by atoms with Gasteiger partial charge in [-0.25, -0.2) is 9.48 Å². The number of hydrogen-bond acceptors (Lipinski definition) is 4. The first-order valence-electron chi connectivity index (χ1n) is 8.27. The zero-order chi connectivity index (χ0) is 19.4. The molecule has 3 aromatic rings. The number of nitrogens with zero attached hydrogens (tertiary/aromatic N) is 4. The minimum absolute atomic E-state index is 0.0603. The minimum Gasteiger partial charge on any atom is -0.336 e. The number of fused-ring (bicyclic) bond motifs is 1. The first kappa shape index (κ1) is 18.7. The number of amides is 2. The summed E-state index contributed by atoms with van der Waals surface area (Å²) in [5.74, 6) is -0.599. The molecule has 2 aromatic heterocycles. The molecule has 0 unspecified atom stereocenters. The molecular formula is C18H18ClN5O3. The van der Waals surface area contributed by atoms with Crippen LogP contribution in [0.1, 0.15) is 6.42 Å². The number of carbonyl (C=O) groups is 2. The standard InChI is InChI=1S/C18H18ClN5O3/c1-22(12-16(25)20-14-6-4-5-13(19)11-14)17(26)8-10-24-18(27)23-9-3-2-7-15(23)21-24/h2-7,9,11H,8,10,12H2,1H3,(H,20,25). The normalized spacial score (nSPS) is 10.7. The molecule has 0 radical (unpaired) electrons. The highest BCUT2D eigenvalue weighted by Gasteiger charge is 2.15. The van der Waals surface area contributed by atoms with Crippen molar-refractivity contribution in [2.75, 3.05) is 18.9 Å². The van der Waals surface area contributed by atoms with E-state index in [1.165, 1.54) is 21.0 Å². The van der Waals surface area contributed by atoms with Crippen LogP contribution >= 0.6 is 11.6 Å². The van der Waals surface area contributed by atoms with Crippen LogP contribution in [0.15, 0.2) is 53.5 Å². The van der Waals surface area contributed by atoms with Gasteiger partial charge in [0.15, 0.2) is 5.65 Å². The quantitative estimate of drug-likeness (QED) is 0.696. The van der Waals surface area contributed by atoms with E-state index < -0.39 is 0 Å². The van der Waals surface area contributed by atoms with Crippen LogP contribution in [0.4, 0.5) is 5.69 Å². The molecule has 2 amide bonds. The number of pyridine rings is 1. The molecule has 27 heavy (non-hydrogen) atoms. The highest BCUT2D eigenvalue weighted by molar-refractivity contribution is 6.30. The van der Waals surface area contributed by atoms with E-state index in [1.807, 2.05) is 0 Å². The Morgan fingerprint density at radius 3 is 2.78 bits per heavy atom. The molecule has 0 aliphatic heterocycles. The largest absolute Gasteiger partial charge is 0.350 e. The van der Waals surface area contributed by atoms with Gasteiger partial charge in [-0.1, -0.05) is 23.7 Å². The van der Waals surface area contributed by atoms with Crippen molar-refractivity contribution < 1.29 is 9.59 Å². The molecular weight excluding hydrogens is 370 g/mol. The lowest BCUT2D eigenvalue weighted by atomic mass is 10.3. The van der Waals surface area contributed by atoms with Gasteiger partial charge in [-0.3, -0.25) is 14.0 Å². The van der Waals surface area contributed by atoms with Crippen LogP contribution in [0.25, 0.3) is 5.65 Å². The second-order valence-corrected chi connectivity index (χ2v) is 6.43. The average Bonchev–Trinajstić information content (AvgIpc) is 2.95. The van der Waals surface area contributed by atoms with Crippen molar-refractivity contribution in [3.8, 4) is 0 Å². The summed E-state index contributed by atoms with van der Waals surface area (Å²) in [6.45, 7) is 0.0327. The summed E-state index contributed by atoms with van der Waals surface area (Å²) in [6, 6.07) is 12.0.